The summed E-state index contributed by atoms with van der Waals surface area (Å²) in [6, 6.07) is 18.4. The van der Waals surface area contributed by atoms with Gasteiger partial charge in [0.05, 0.1) is 19.8 Å². The molecular weight excluding hydrogens is 262 g/mol. The first-order valence-corrected chi connectivity index (χ1v) is 7.27. The van der Waals surface area contributed by atoms with E-state index in [1.165, 1.54) is 5.56 Å². The summed E-state index contributed by atoms with van der Waals surface area (Å²) in [5.41, 5.74) is 2.36. The second-order valence-electron chi connectivity index (χ2n) is 5.27. The predicted octanol–water partition coefficient (Wildman–Crippen LogP) is 2.95. The number of nitrogens with one attached hydrogen (secondary N) is 1. The first-order valence-electron chi connectivity index (χ1n) is 7.27. The molecule has 2 aromatic rings. The fourth-order valence-electron chi connectivity index (χ4n) is 2.46. The van der Waals surface area contributed by atoms with E-state index in [2.05, 4.69) is 24.4 Å². The van der Waals surface area contributed by atoms with Gasteiger partial charge in [0.15, 0.2) is 0 Å². The van der Waals surface area contributed by atoms with Gasteiger partial charge in [-0.25, -0.2) is 0 Å². The predicted molar refractivity (Wildman–Crippen MR) is 85.6 cm³/mol. The molecule has 2 N–H and O–H groups in total. The molecule has 0 aromatic heterocycles. The van der Waals surface area contributed by atoms with E-state index < -0.39 is 0 Å². The van der Waals surface area contributed by atoms with Gasteiger partial charge in [-0.05, 0) is 36.6 Å². The van der Waals surface area contributed by atoms with E-state index in [1.54, 1.807) is 7.11 Å². The molecule has 0 aliphatic heterocycles. The van der Waals surface area contributed by atoms with Crippen molar-refractivity contribution in [2.75, 3.05) is 13.7 Å². The standard InChI is InChI=1S/C18H23NO2/c1-14(12-15-8-10-17(21-2)11-9-15)19-18(13-20)16-6-4-3-5-7-16/h3-11,14,18-20H,12-13H2,1-2H3/t14?,18-/m1/s1. The lowest BCUT2D eigenvalue weighted by Gasteiger charge is -2.22. The largest absolute Gasteiger partial charge is 0.497 e. The number of aliphatic hydroxyl groups is 1. The van der Waals surface area contributed by atoms with Crippen LogP contribution in [0.15, 0.2) is 54.6 Å². The lowest BCUT2D eigenvalue weighted by Crippen LogP contribution is -2.34. The van der Waals surface area contributed by atoms with Crippen molar-refractivity contribution in [2.24, 2.45) is 0 Å². The Morgan fingerprint density at radius 1 is 1.05 bits per heavy atom. The van der Waals surface area contributed by atoms with Crippen LogP contribution < -0.4 is 10.1 Å². The van der Waals surface area contributed by atoms with Crippen LogP contribution in [0.25, 0.3) is 0 Å². The maximum atomic E-state index is 9.58. The zero-order valence-electron chi connectivity index (χ0n) is 12.6. The van der Waals surface area contributed by atoms with E-state index in [4.69, 9.17) is 4.74 Å². The molecule has 2 rings (SSSR count). The summed E-state index contributed by atoms with van der Waals surface area (Å²) < 4.78 is 5.17. The van der Waals surface area contributed by atoms with Gasteiger partial charge in [0.1, 0.15) is 5.75 Å². The Bertz CT molecular complexity index is 525. The van der Waals surface area contributed by atoms with Crippen LogP contribution in [-0.2, 0) is 6.42 Å². The summed E-state index contributed by atoms with van der Waals surface area (Å²) >= 11 is 0. The van der Waals surface area contributed by atoms with E-state index in [0.29, 0.717) is 0 Å². The third kappa shape index (κ3) is 4.59. The van der Waals surface area contributed by atoms with Gasteiger partial charge in [0.2, 0.25) is 0 Å². The highest BCUT2D eigenvalue weighted by Crippen LogP contribution is 2.16. The van der Waals surface area contributed by atoms with Crippen LogP contribution in [0.2, 0.25) is 0 Å². The monoisotopic (exact) mass is 285 g/mol. The molecule has 0 fully saturated rings. The van der Waals surface area contributed by atoms with Gasteiger partial charge in [0, 0.05) is 6.04 Å². The highest BCUT2D eigenvalue weighted by molar-refractivity contribution is 5.27. The fourth-order valence-corrected chi connectivity index (χ4v) is 2.46. The van der Waals surface area contributed by atoms with Crippen LogP contribution in [0, 0.1) is 0 Å². The van der Waals surface area contributed by atoms with Crippen molar-refractivity contribution < 1.29 is 9.84 Å². The fraction of sp³-hybridized carbons (Fsp3) is 0.333. The molecule has 0 aliphatic rings. The lowest BCUT2D eigenvalue weighted by molar-refractivity contribution is 0.234. The zero-order chi connectivity index (χ0) is 15.1. The normalized spacial score (nSPS) is 13.7. The lowest BCUT2D eigenvalue weighted by atomic mass is 10.0. The van der Waals surface area contributed by atoms with Crippen LogP contribution in [0.4, 0.5) is 0 Å². The Balaban J connectivity index is 1.94. The number of benzene rings is 2. The van der Waals surface area contributed by atoms with Crippen molar-refractivity contribution in [2.45, 2.75) is 25.4 Å². The van der Waals surface area contributed by atoms with Gasteiger partial charge in [-0.1, -0.05) is 42.5 Å². The van der Waals surface area contributed by atoms with Crippen molar-refractivity contribution in [3.8, 4) is 5.75 Å². The Morgan fingerprint density at radius 2 is 1.71 bits per heavy atom. The highest BCUT2D eigenvalue weighted by atomic mass is 16.5. The molecule has 0 heterocycles. The summed E-state index contributed by atoms with van der Waals surface area (Å²) in [4.78, 5) is 0. The average Bonchev–Trinajstić information content (AvgIpc) is 2.54. The molecule has 1 unspecified atom stereocenters. The molecule has 2 atom stereocenters. The maximum absolute atomic E-state index is 9.58. The molecule has 0 saturated heterocycles. The SMILES string of the molecule is COc1ccc(CC(C)N[C@H](CO)c2ccccc2)cc1. The van der Waals surface area contributed by atoms with E-state index in [9.17, 15) is 5.11 Å². The van der Waals surface area contributed by atoms with Crippen LogP contribution >= 0.6 is 0 Å². The summed E-state index contributed by atoms with van der Waals surface area (Å²) in [7, 11) is 1.67. The molecule has 0 bridgehead atoms. The van der Waals surface area contributed by atoms with Gasteiger partial charge in [-0.2, -0.15) is 0 Å². The van der Waals surface area contributed by atoms with Crippen LogP contribution in [-0.4, -0.2) is 24.9 Å². The van der Waals surface area contributed by atoms with Gasteiger partial charge in [-0.15, -0.1) is 0 Å². The number of rotatable bonds is 7. The van der Waals surface area contributed by atoms with Gasteiger partial charge < -0.3 is 15.2 Å². The minimum atomic E-state index is -0.0283. The average molecular weight is 285 g/mol. The summed E-state index contributed by atoms with van der Waals surface area (Å²) in [5.74, 6) is 0.872. The molecule has 21 heavy (non-hydrogen) atoms. The number of methoxy groups -OCH3 is 1. The third-order valence-electron chi connectivity index (χ3n) is 3.57. The Hall–Kier alpha value is -1.84. The number of ether oxygens (including phenoxy) is 1. The molecule has 3 nitrogen and oxygen atoms in total. The zero-order valence-corrected chi connectivity index (χ0v) is 12.6. The second-order valence-corrected chi connectivity index (χ2v) is 5.27. The topological polar surface area (TPSA) is 41.5 Å². The third-order valence-corrected chi connectivity index (χ3v) is 3.57. The minimum absolute atomic E-state index is 0.0283. The van der Waals surface area contributed by atoms with Crippen molar-refractivity contribution in [1.82, 2.24) is 5.32 Å². The molecule has 2 aromatic carbocycles. The number of hydrogen-bond acceptors (Lipinski definition) is 3. The number of hydrogen-bond donors (Lipinski definition) is 2. The molecule has 0 saturated carbocycles. The van der Waals surface area contributed by atoms with Crippen LogP contribution in [0.1, 0.15) is 24.1 Å². The summed E-state index contributed by atoms with van der Waals surface area (Å²) in [6.07, 6.45) is 0.910. The Labute approximate surface area is 126 Å². The molecular formula is C18H23NO2. The summed E-state index contributed by atoms with van der Waals surface area (Å²) in [6.45, 7) is 2.23. The Kier molecular flexibility index (Phi) is 5.78. The van der Waals surface area contributed by atoms with E-state index in [0.717, 1.165) is 17.7 Å². The van der Waals surface area contributed by atoms with Crippen molar-refractivity contribution in [3.05, 3.63) is 65.7 Å². The van der Waals surface area contributed by atoms with Crippen molar-refractivity contribution >= 4 is 0 Å². The molecule has 0 radical (unpaired) electrons. The van der Waals surface area contributed by atoms with Gasteiger partial charge in [0.25, 0.3) is 0 Å². The van der Waals surface area contributed by atoms with Crippen LogP contribution in [0.5, 0.6) is 5.75 Å². The minimum Gasteiger partial charge on any atom is -0.497 e. The number of aliphatic hydroxyl groups excluding tert-OH is 1. The molecule has 3 heteroatoms. The summed E-state index contributed by atoms with van der Waals surface area (Å²) in [5, 5.41) is 13.1. The Morgan fingerprint density at radius 3 is 2.29 bits per heavy atom. The maximum Gasteiger partial charge on any atom is 0.118 e. The second kappa shape index (κ2) is 7.81. The van der Waals surface area contributed by atoms with Gasteiger partial charge in [-0.3, -0.25) is 0 Å². The highest BCUT2D eigenvalue weighted by Gasteiger charge is 2.13. The quantitative estimate of drug-likeness (QED) is 0.822. The van der Waals surface area contributed by atoms with E-state index in [1.807, 2.05) is 42.5 Å². The van der Waals surface area contributed by atoms with Gasteiger partial charge >= 0.3 is 0 Å². The molecule has 112 valence electrons. The molecule has 0 spiro atoms. The van der Waals surface area contributed by atoms with Crippen molar-refractivity contribution in [1.29, 1.82) is 0 Å². The first kappa shape index (κ1) is 15.5. The van der Waals surface area contributed by atoms with Crippen LogP contribution in [0.3, 0.4) is 0 Å². The molecule has 0 amide bonds. The van der Waals surface area contributed by atoms with E-state index in [-0.39, 0.29) is 18.7 Å². The molecule has 0 aliphatic carbocycles. The first-order chi connectivity index (χ1) is 10.2. The van der Waals surface area contributed by atoms with Crippen molar-refractivity contribution in [3.63, 3.8) is 0 Å². The smallest absolute Gasteiger partial charge is 0.118 e. The van der Waals surface area contributed by atoms with E-state index >= 15 is 0 Å².